The molecule has 0 spiro atoms. The smallest absolute Gasteiger partial charge is 0.254 e. The van der Waals surface area contributed by atoms with E-state index in [1.54, 1.807) is 17.9 Å². The number of sulfonamides is 1. The number of carbonyl (C=O) groups excluding carboxylic acids is 1. The molecule has 2 unspecified atom stereocenters. The van der Waals surface area contributed by atoms with Gasteiger partial charge in [0, 0.05) is 32.2 Å². The van der Waals surface area contributed by atoms with Crippen LogP contribution in [-0.4, -0.2) is 56.8 Å². The van der Waals surface area contributed by atoms with E-state index in [4.69, 9.17) is 5.73 Å². The molecule has 6 nitrogen and oxygen atoms in total. The number of hydrogen-bond donors (Lipinski definition) is 1. The molecule has 0 saturated carbocycles. The summed E-state index contributed by atoms with van der Waals surface area (Å²) < 4.78 is 26.3. The number of aryl methyl sites for hydroxylation is 1. The van der Waals surface area contributed by atoms with Gasteiger partial charge in [-0.3, -0.25) is 4.79 Å². The highest BCUT2D eigenvalue weighted by atomic mass is 35.5. The van der Waals surface area contributed by atoms with Gasteiger partial charge in [0.05, 0.1) is 4.90 Å². The van der Waals surface area contributed by atoms with Gasteiger partial charge in [0.15, 0.2) is 0 Å². The van der Waals surface area contributed by atoms with E-state index in [0.717, 1.165) is 12.0 Å². The molecule has 1 saturated heterocycles. The maximum absolute atomic E-state index is 12.9. The van der Waals surface area contributed by atoms with Crippen molar-refractivity contribution in [3.05, 3.63) is 28.8 Å². The SMILES string of the molecule is Cc1cc(C(=O)N2CC(CN)CC2C)cc(S(=O)(=O)N(C)C)c1C.Cl. The maximum Gasteiger partial charge on any atom is 0.254 e. The van der Waals surface area contributed by atoms with E-state index in [0.29, 0.717) is 30.1 Å². The fourth-order valence-electron chi connectivity index (χ4n) is 3.18. The minimum absolute atomic E-state index is 0. The number of benzene rings is 1. The van der Waals surface area contributed by atoms with Crippen molar-refractivity contribution in [3.63, 3.8) is 0 Å². The highest BCUT2D eigenvalue weighted by Gasteiger charge is 2.33. The van der Waals surface area contributed by atoms with E-state index in [2.05, 4.69) is 0 Å². The zero-order valence-corrected chi connectivity index (χ0v) is 17.1. The Balaban J connectivity index is 0.00000312. The van der Waals surface area contributed by atoms with Gasteiger partial charge in [-0.05, 0) is 62.9 Å². The van der Waals surface area contributed by atoms with Crippen LogP contribution < -0.4 is 5.73 Å². The van der Waals surface area contributed by atoms with E-state index in [-0.39, 0.29) is 29.3 Å². The molecule has 1 aromatic rings. The number of halogens is 1. The molecule has 0 bridgehead atoms. The molecule has 1 heterocycles. The lowest BCUT2D eigenvalue weighted by Crippen LogP contribution is -2.34. The molecule has 0 aliphatic carbocycles. The Bertz CT molecular complexity index is 750. The summed E-state index contributed by atoms with van der Waals surface area (Å²) in [6.45, 7) is 6.78. The molecule has 0 radical (unpaired) electrons. The summed E-state index contributed by atoms with van der Waals surface area (Å²) in [5, 5.41) is 0. The summed E-state index contributed by atoms with van der Waals surface area (Å²) in [6, 6.07) is 3.39. The second-order valence-corrected chi connectivity index (χ2v) is 8.97. The molecule has 2 atom stereocenters. The molecular weight excluding hydrogens is 362 g/mol. The third-order valence-electron chi connectivity index (χ3n) is 4.88. The number of nitrogens with zero attached hydrogens (tertiary/aromatic N) is 2. The summed E-state index contributed by atoms with van der Waals surface area (Å²) in [4.78, 5) is 14.9. The fraction of sp³-hybridized carbons (Fsp3) is 0.588. The summed E-state index contributed by atoms with van der Waals surface area (Å²) in [5.41, 5.74) is 7.62. The zero-order chi connectivity index (χ0) is 18.2. The van der Waals surface area contributed by atoms with Crippen LogP contribution in [0, 0.1) is 19.8 Å². The molecular formula is C17H28ClN3O3S. The lowest BCUT2D eigenvalue weighted by Gasteiger charge is -2.23. The zero-order valence-electron chi connectivity index (χ0n) is 15.4. The van der Waals surface area contributed by atoms with Crippen LogP contribution in [0.5, 0.6) is 0 Å². The topological polar surface area (TPSA) is 83.7 Å². The third kappa shape index (κ3) is 4.16. The minimum Gasteiger partial charge on any atom is -0.336 e. The molecule has 1 fully saturated rings. The van der Waals surface area contributed by atoms with Gasteiger partial charge in [-0.1, -0.05) is 0 Å². The first kappa shape index (κ1) is 21.9. The molecule has 1 aliphatic rings. The Kier molecular flexibility index (Phi) is 7.03. The molecule has 1 aromatic carbocycles. The van der Waals surface area contributed by atoms with Crippen LogP contribution >= 0.6 is 12.4 Å². The number of likely N-dealkylation sites (tertiary alicyclic amines) is 1. The summed E-state index contributed by atoms with van der Waals surface area (Å²) >= 11 is 0. The molecule has 25 heavy (non-hydrogen) atoms. The third-order valence-corrected chi connectivity index (χ3v) is 6.82. The van der Waals surface area contributed by atoms with Gasteiger partial charge in [0.1, 0.15) is 0 Å². The normalized spacial score (nSPS) is 20.7. The lowest BCUT2D eigenvalue weighted by atomic mass is 10.0. The monoisotopic (exact) mass is 389 g/mol. The van der Waals surface area contributed by atoms with Crippen molar-refractivity contribution in [1.82, 2.24) is 9.21 Å². The van der Waals surface area contributed by atoms with Crippen molar-refractivity contribution in [2.75, 3.05) is 27.2 Å². The van der Waals surface area contributed by atoms with Gasteiger partial charge in [-0.25, -0.2) is 12.7 Å². The average molecular weight is 390 g/mol. The van der Waals surface area contributed by atoms with Gasteiger partial charge in [0.25, 0.3) is 5.91 Å². The Labute approximate surface area is 156 Å². The molecule has 8 heteroatoms. The maximum atomic E-state index is 12.9. The van der Waals surface area contributed by atoms with Gasteiger partial charge in [-0.2, -0.15) is 0 Å². The minimum atomic E-state index is -3.60. The van der Waals surface area contributed by atoms with Crippen molar-refractivity contribution in [2.24, 2.45) is 11.7 Å². The van der Waals surface area contributed by atoms with Gasteiger partial charge >= 0.3 is 0 Å². The van der Waals surface area contributed by atoms with Gasteiger partial charge in [-0.15, -0.1) is 12.4 Å². The number of amides is 1. The van der Waals surface area contributed by atoms with E-state index in [1.165, 1.54) is 24.5 Å². The molecule has 2 N–H and O–H groups in total. The first-order valence-electron chi connectivity index (χ1n) is 8.14. The molecule has 0 aromatic heterocycles. The number of rotatable bonds is 4. The van der Waals surface area contributed by atoms with Crippen LogP contribution in [0.3, 0.4) is 0 Å². The van der Waals surface area contributed by atoms with Crippen LogP contribution in [0.2, 0.25) is 0 Å². The van der Waals surface area contributed by atoms with Gasteiger partial charge < -0.3 is 10.6 Å². The van der Waals surface area contributed by atoms with Crippen molar-refractivity contribution >= 4 is 28.3 Å². The van der Waals surface area contributed by atoms with Crippen LogP contribution in [0.25, 0.3) is 0 Å². The van der Waals surface area contributed by atoms with Crippen molar-refractivity contribution in [2.45, 2.75) is 38.1 Å². The summed E-state index contributed by atoms with van der Waals surface area (Å²) in [6.07, 6.45) is 0.885. The molecule has 1 amide bonds. The quantitative estimate of drug-likeness (QED) is 0.850. The van der Waals surface area contributed by atoms with Crippen LogP contribution in [-0.2, 0) is 10.0 Å². The second kappa shape index (κ2) is 8.03. The lowest BCUT2D eigenvalue weighted by molar-refractivity contribution is 0.0743. The Hall–Kier alpha value is -1.15. The highest BCUT2D eigenvalue weighted by molar-refractivity contribution is 7.89. The Morgan fingerprint density at radius 3 is 2.40 bits per heavy atom. The van der Waals surface area contributed by atoms with E-state index in [9.17, 15) is 13.2 Å². The van der Waals surface area contributed by atoms with Crippen molar-refractivity contribution in [3.8, 4) is 0 Å². The summed E-state index contributed by atoms with van der Waals surface area (Å²) in [5.74, 6) is 0.178. The van der Waals surface area contributed by atoms with E-state index >= 15 is 0 Å². The van der Waals surface area contributed by atoms with Crippen molar-refractivity contribution in [1.29, 1.82) is 0 Å². The number of carbonyl (C=O) groups is 1. The fourth-order valence-corrected chi connectivity index (χ4v) is 4.39. The van der Waals surface area contributed by atoms with Crippen LogP contribution in [0.4, 0.5) is 0 Å². The Morgan fingerprint density at radius 1 is 1.32 bits per heavy atom. The molecule has 142 valence electrons. The first-order valence-corrected chi connectivity index (χ1v) is 9.58. The predicted octanol–water partition coefficient (Wildman–Crippen LogP) is 1.78. The number of hydrogen-bond acceptors (Lipinski definition) is 4. The summed E-state index contributed by atoms with van der Waals surface area (Å²) in [7, 11) is -0.610. The predicted molar refractivity (Wildman–Crippen MR) is 102 cm³/mol. The Morgan fingerprint density at radius 2 is 1.92 bits per heavy atom. The second-order valence-electron chi connectivity index (χ2n) is 6.85. The van der Waals surface area contributed by atoms with Crippen molar-refractivity contribution < 1.29 is 13.2 Å². The molecule has 1 aliphatic heterocycles. The average Bonchev–Trinajstić information content (AvgIpc) is 2.89. The van der Waals surface area contributed by atoms with Gasteiger partial charge in [0.2, 0.25) is 10.0 Å². The van der Waals surface area contributed by atoms with Crippen LogP contribution in [0.15, 0.2) is 17.0 Å². The standard InChI is InChI=1S/C17H27N3O3S.ClH/c1-11-6-15(8-16(13(11)3)24(22,23)19(4)5)17(21)20-10-14(9-18)7-12(20)2;/h6,8,12,14H,7,9-10,18H2,1-5H3;1H. The van der Waals surface area contributed by atoms with E-state index < -0.39 is 10.0 Å². The number of nitrogens with two attached hydrogens (primary N) is 1. The first-order chi connectivity index (χ1) is 11.1. The highest BCUT2D eigenvalue weighted by Crippen LogP contribution is 2.27. The van der Waals surface area contributed by atoms with Crippen LogP contribution in [0.1, 0.15) is 34.8 Å². The largest absolute Gasteiger partial charge is 0.336 e. The molecule has 2 rings (SSSR count). The van der Waals surface area contributed by atoms with E-state index in [1.807, 2.05) is 13.8 Å².